The first-order valence-electron chi connectivity index (χ1n) is 14.4. The predicted octanol–water partition coefficient (Wildman–Crippen LogP) is 7.74. The molecule has 1 fully saturated rings. The molecule has 1 saturated heterocycles. The summed E-state index contributed by atoms with van der Waals surface area (Å²) in [4.78, 5) is 23.9. The molecule has 1 aliphatic rings. The standard InChI is InChI=1S/C35H33F3N4O/c1-3-25-15-18-42(19-16-25)23-29-12-13-30(21-31(29)35(36,37)38)41-34(43)28-10-7-24(2)27(20-28)11-8-26-9-14-33(40-22-26)32-6-4-5-17-39-32/h4-7,9-10,12-14,17,20-22,25H,3,15-16,18-19,23H2,1-2H3,(H,41,43). The lowest BCUT2D eigenvalue weighted by Gasteiger charge is -2.32. The lowest BCUT2D eigenvalue weighted by atomic mass is 9.94. The summed E-state index contributed by atoms with van der Waals surface area (Å²) < 4.78 is 42.1. The number of anilines is 1. The molecule has 0 radical (unpaired) electrons. The molecule has 4 aromatic rings. The molecule has 0 unspecified atom stereocenters. The van der Waals surface area contributed by atoms with Crippen molar-refractivity contribution in [2.75, 3.05) is 18.4 Å². The zero-order valence-corrected chi connectivity index (χ0v) is 24.2. The molecule has 1 aliphatic heterocycles. The number of aryl methyl sites for hydroxylation is 1. The zero-order valence-electron chi connectivity index (χ0n) is 24.2. The van der Waals surface area contributed by atoms with Gasteiger partial charge in [0.15, 0.2) is 0 Å². The molecule has 43 heavy (non-hydrogen) atoms. The Balaban J connectivity index is 1.29. The minimum absolute atomic E-state index is 0.0954. The van der Waals surface area contributed by atoms with Crippen LogP contribution in [0.15, 0.2) is 79.1 Å². The predicted molar refractivity (Wildman–Crippen MR) is 162 cm³/mol. The van der Waals surface area contributed by atoms with Crippen LogP contribution in [0, 0.1) is 24.7 Å². The summed E-state index contributed by atoms with van der Waals surface area (Å²) in [6.45, 7) is 5.86. The average Bonchev–Trinajstić information content (AvgIpc) is 3.02. The minimum Gasteiger partial charge on any atom is -0.322 e. The van der Waals surface area contributed by atoms with Crippen molar-refractivity contribution in [1.29, 1.82) is 0 Å². The number of nitrogens with zero attached hydrogens (tertiary/aromatic N) is 3. The number of likely N-dealkylation sites (tertiary alicyclic amines) is 1. The number of halogens is 3. The van der Waals surface area contributed by atoms with Gasteiger partial charge in [-0.05, 0) is 98.4 Å². The summed E-state index contributed by atoms with van der Waals surface area (Å²) in [5, 5.41) is 2.64. The first kappa shape index (κ1) is 30.0. The minimum atomic E-state index is -4.53. The van der Waals surface area contributed by atoms with Crippen LogP contribution in [-0.4, -0.2) is 33.9 Å². The van der Waals surface area contributed by atoms with Gasteiger partial charge in [-0.15, -0.1) is 0 Å². The molecule has 1 N–H and O–H groups in total. The van der Waals surface area contributed by atoms with Gasteiger partial charge in [-0.3, -0.25) is 19.7 Å². The van der Waals surface area contributed by atoms with Crippen LogP contribution < -0.4 is 5.32 Å². The molecule has 8 heteroatoms. The van der Waals surface area contributed by atoms with Gasteiger partial charge in [-0.25, -0.2) is 0 Å². The number of aromatic nitrogens is 2. The fraction of sp³-hybridized carbons (Fsp3) is 0.286. The molecule has 0 atom stereocenters. The van der Waals surface area contributed by atoms with Crippen LogP contribution >= 0.6 is 0 Å². The second kappa shape index (κ2) is 13.2. The number of amides is 1. The summed E-state index contributed by atoms with van der Waals surface area (Å²) in [5.41, 5.74) is 3.60. The maximum Gasteiger partial charge on any atom is 0.416 e. The maximum absolute atomic E-state index is 14.0. The Kier molecular flexibility index (Phi) is 9.22. The van der Waals surface area contributed by atoms with Gasteiger partial charge in [0.05, 0.1) is 17.0 Å². The van der Waals surface area contributed by atoms with Gasteiger partial charge in [0.2, 0.25) is 0 Å². The van der Waals surface area contributed by atoms with E-state index in [9.17, 15) is 18.0 Å². The number of hydrogen-bond acceptors (Lipinski definition) is 4. The summed E-state index contributed by atoms with van der Waals surface area (Å²) in [5.74, 6) is 6.30. The Morgan fingerprint density at radius 2 is 1.77 bits per heavy atom. The topological polar surface area (TPSA) is 58.1 Å². The van der Waals surface area contributed by atoms with E-state index in [0.29, 0.717) is 22.6 Å². The second-order valence-electron chi connectivity index (χ2n) is 10.9. The van der Waals surface area contributed by atoms with Crippen molar-refractivity contribution in [3.63, 3.8) is 0 Å². The number of carbonyl (C=O) groups excluding carboxylic acids is 1. The number of hydrogen-bond donors (Lipinski definition) is 1. The number of piperidine rings is 1. The van der Waals surface area contributed by atoms with Crippen molar-refractivity contribution in [1.82, 2.24) is 14.9 Å². The molecule has 220 valence electrons. The van der Waals surface area contributed by atoms with Crippen LogP contribution in [0.4, 0.5) is 18.9 Å². The highest BCUT2D eigenvalue weighted by Gasteiger charge is 2.34. The number of pyridine rings is 2. The van der Waals surface area contributed by atoms with Gasteiger partial charge < -0.3 is 5.32 Å². The fourth-order valence-corrected chi connectivity index (χ4v) is 5.22. The smallest absolute Gasteiger partial charge is 0.322 e. The zero-order chi connectivity index (χ0) is 30.4. The first-order chi connectivity index (χ1) is 20.7. The molecule has 0 spiro atoms. The fourth-order valence-electron chi connectivity index (χ4n) is 5.22. The van der Waals surface area contributed by atoms with Crippen LogP contribution in [0.5, 0.6) is 0 Å². The Morgan fingerprint density at radius 3 is 2.44 bits per heavy atom. The van der Waals surface area contributed by atoms with Crippen LogP contribution in [0.25, 0.3) is 11.4 Å². The highest BCUT2D eigenvalue weighted by Crippen LogP contribution is 2.35. The number of carbonyl (C=O) groups is 1. The summed E-state index contributed by atoms with van der Waals surface area (Å²) in [6.07, 6.45) is 1.95. The quantitative estimate of drug-likeness (QED) is 0.236. The van der Waals surface area contributed by atoms with Crippen LogP contribution in [-0.2, 0) is 12.7 Å². The Morgan fingerprint density at radius 1 is 0.977 bits per heavy atom. The molecule has 0 aliphatic carbocycles. The van der Waals surface area contributed by atoms with Crippen molar-refractivity contribution >= 4 is 11.6 Å². The highest BCUT2D eigenvalue weighted by molar-refractivity contribution is 6.04. The van der Waals surface area contributed by atoms with Gasteiger partial charge in [0.25, 0.3) is 5.91 Å². The normalized spacial score (nSPS) is 14.2. The monoisotopic (exact) mass is 582 g/mol. The Bertz CT molecular complexity index is 1630. The van der Waals surface area contributed by atoms with E-state index in [4.69, 9.17) is 0 Å². The van der Waals surface area contributed by atoms with E-state index in [1.165, 1.54) is 12.1 Å². The van der Waals surface area contributed by atoms with Crippen molar-refractivity contribution < 1.29 is 18.0 Å². The lowest BCUT2D eigenvalue weighted by molar-refractivity contribution is -0.138. The molecule has 1 amide bonds. The van der Waals surface area contributed by atoms with E-state index in [-0.39, 0.29) is 17.8 Å². The van der Waals surface area contributed by atoms with Gasteiger partial charge in [0, 0.05) is 41.3 Å². The number of benzene rings is 2. The third kappa shape index (κ3) is 7.68. The molecule has 5 nitrogen and oxygen atoms in total. The molecular weight excluding hydrogens is 549 g/mol. The van der Waals surface area contributed by atoms with Crippen LogP contribution in [0.3, 0.4) is 0 Å². The molecule has 2 aromatic heterocycles. The average molecular weight is 583 g/mol. The van der Waals surface area contributed by atoms with E-state index >= 15 is 0 Å². The maximum atomic E-state index is 14.0. The van der Waals surface area contributed by atoms with Crippen molar-refractivity contribution in [3.8, 4) is 23.2 Å². The van der Waals surface area contributed by atoms with E-state index in [2.05, 4.69) is 38.9 Å². The van der Waals surface area contributed by atoms with Crippen molar-refractivity contribution in [2.24, 2.45) is 5.92 Å². The van der Waals surface area contributed by atoms with Gasteiger partial charge in [-0.2, -0.15) is 13.2 Å². The molecule has 2 aromatic carbocycles. The SMILES string of the molecule is CCC1CCN(Cc2ccc(NC(=O)c3ccc(C)c(C#Cc4ccc(-c5ccccn5)nc4)c3)cc2C(F)(F)F)CC1. The summed E-state index contributed by atoms with van der Waals surface area (Å²) >= 11 is 0. The number of nitrogens with one attached hydrogen (secondary N) is 1. The van der Waals surface area contributed by atoms with Crippen LogP contribution in [0.1, 0.15) is 64.4 Å². The highest BCUT2D eigenvalue weighted by atomic mass is 19.4. The van der Waals surface area contributed by atoms with Gasteiger partial charge in [-0.1, -0.05) is 43.4 Å². The molecule has 0 bridgehead atoms. The van der Waals surface area contributed by atoms with E-state index < -0.39 is 17.6 Å². The van der Waals surface area contributed by atoms with Crippen molar-refractivity contribution in [2.45, 2.75) is 45.8 Å². The molecular formula is C35H33F3N4O. The Hall–Kier alpha value is -4.48. The number of rotatable bonds is 6. The number of alkyl halides is 3. The third-order valence-corrected chi connectivity index (χ3v) is 7.88. The second-order valence-corrected chi connectivity index (χ2v) is 10.9. The largest absolute Gasteiger partial charge is 0.416 e. The van der Waals surface area contributed by atoms with E-state index in [1.54, 1.807) is 30.6 Å². The van der Waals surface area contributed by atoms with Gasteiger partial charge in [0.1, 0.15) is 0 Å². The molecule has 5 rings (SSSR count). The van der Waals surface area contributed by atoms with Gasteiger partial charge >= 0.3 is 6.18 Å². The molecule has 0 saturated carbocycles. The van der Waals surface area contributed by atoms with E-state index in [0.717, 1.165) is 55.4 Å². The first-order valence-corrected chi connectivity index (χ1v) is 14.4. The third-order valence-electron chi connectivity index (χ3n) is 7.88. The Labute approximate surface area is 250 Å². The summed E-state index contributed by atoms with van der Waals surface area (Å²) in [7, 11) is 0. The summed E-state index contributed by atoms with van der Waals surface area (Å²) in [6, 6.07) is 18.4. The molecule has 3 heterocycles. The van der Waals surface area contributed by atoms with Crippen molar-refractivity contribution in [3.05, 3.63) is 113 Å². The lowest BCUT2D eigenvalue weighted by Crippen LogP contribution is -2.33. The van der Waals surface area contributed by atoms with Crippen LogP contribution in [0.2, 0.25) is 0 Å². The van der Waals surface area contributed by atoms with E-state index in [1.807, 2.05) is 37.3 Å².